The first-order valence-corrected chi connectivity index (χ1v) is 8.24. The predicted molar refractivity (Wildman–Crippen MR) is 99.6 cm³/mol. The Hall–Kier alpha value is -2.85. The average Bonchev–Trinajstić information content (AvgIpc) is 2.67. The SMILES string of the molecule is COc1ncccc1-c1ccc(C(C)N)cc1OCc1ccccc1. The van der Waals surface area contributed by atoms with Crippen LogP contribution in [0.5, 0.6) is 11.6 Å². The number of methoxy groups -OCH3 is 1. The fourth-order valence-electron chi connectivity index (χ4n) is 2.66. The van der Waals surface area contributed by atoms with E-state index in [1.54, 1.807) is 13.3 Å². The molecule has 3 rings (SSSR count). The molecule has 25 heavy (non-hydrogen) atoms. The summed E-state index contributed by atoms with van der Waals surface area (Å²) in [5.74, 6) is 1.34. The van der Waals surface area contributed by atoms with Gasteiger partial charge in [0, 0.05) is 23.4 Å². The smallest absolute Gasteiger partial charge is 0.221 e. The molecular weight excluding hydrogens is 312 g/mol. The standard InChI is InChI=1S/C21H22N2O2/c1-15(22)17-10-11-18(19-9-6-12-23-21(19)24-2)20(13-17)25-14-16-7-4-3-5-8-16/h3-13,15H,14,22H2,1-2H3. The molecule has 0 aliphatic carbocycles. The molecule has 3 aromatic rings. The van der Waals surface area contributed by atoms with E-state index in [1.165, 1.54) is 0 Å². The minimum absolute atomic E-state index is 0.0658. The molecule has 4 heteroatoms. The summed E-state index contributed by atoms with van der Waals surface area (Å²) >= 11 is 0. The predicted octanol–water partition coefficient (Wildman–Crippen LogP) is 4.36. The second kappa shape index (κ2) is 7.81. The summed E-state index contributed by atoms with van der Waals surface area (Å²) in [5.41, 5.74) is 10.0. The van der Waals surface area contributed by atoms with Gasteiger partial charge in [0.2, 0.25) is 5.88 Å². The number of hydrogen-bond acceptors (Lipinski definition) is 4. The molecule has 1 atom stereocenters. The van der Waals surface area contributed by atoms with E-state index in [9.17, 15) is 0 Å². The van der Waals surface area contributed by atoms with Crippen molar-refractivity contribution in [2.24, 2.45) is 5.73 Å². The molecule has 0 saturated heterocycles. The number of nitrogens with zero attached hydrogens (tertiary/aromatic N) is 1. The summed E-state index contributed by atoms with van der Waals surface area (Å²) in [7, 11) is 1.62. The summed E-state index contributed by atoms with van der Waals surface area (Å²) in [5, 5.41) is 0. The lowest BCUT2D eigenvalue weighted by Crippen LogP contribution is -2.06. The van der Waals surface area contributed by atoms with Crippen molar-refractivity contribution in [1.29, 1.82) is 0 Å². The second-order valence-electron chi connectivity index (χ2n) is 5.88. The maximum absolute atomic E-state index is 6.13. The molecule has 0 bridgehead atoms. The summed E-state index contributed by atoms with van der Waals surface area (Å²) < 4.78 is 11.5. The Kier molecular flexibility index (Phi) is 5.31. The Bertz CT molecular complexity index is 832. The van der Waals surface area contributed by atoms with Crippen molar-refractivity contribution in [1.82, 2.24) is 4.98 Å². The van der Waals surface area contributed by atoms with Gasteiger partial charge in [-0.25, -0.2) is 4.98 Å². The zero-order valence-electron chi connectivity index (χ0n) is 14.5. The maximum Gasteiger partial charge on any atom is 0.221 e. The average molecular weight is 334 g/mol. The first-order valence-electron chi connectivity index (χ1n) is 8.24. The van der Waals surface area contributed by atoms with E-state index in [4.69, 9.17) is 15.2 Å². The van der Waals surface area contributed by atoms with Crippen LogP contribution in [0.3, 0.4) is 0 Å². The number of hydrogen-bond donors (Lipinski definition) is 1. The molecule has 4 nitrogen and oxygen atoms in total. The molecule has 0 spiro atoms. The minimum Gasteiger partial charge on any atom is -0.488 e. The Morgan fingerprint density at radius 3 is 2.52 bits per heavy atom. The molecule has 1 unspecified atom stereocenters. The van der Waals surface area contributed by atoms with Crippen LogP contribution in [-0.2, 0) is 6.61 Å². The summed E-state index contributed by atoms with van der Waals surface area (Å²) in [6, 6.07) is 19.9. The van der Waals surface area contributed by atoms with Crippen molar-refractivity contribution in [3.63, 3.8) is 0 Å². The van der Waals surface area contributed by atoms with Crippen LogP contribution in [0, 0.1) is 0 Å². The van der Waals surface area contributed by atoms with Crippen LogP contribution in [0.15, 0.2) is 66.9 Å². The lowest BCUT2D eigenvalue weighted by Gasteiger charge is -2.16. The lowest BCUT2D eigenvalue weighted by molar-refractivity contribution is 0.307. The number of ether oxygens (including phenoxy) is 2. The van der Waals surface area contributed by atoms with E-state index in [2.05, 4.69) is 4.98 Å². The topological polar surface area (TPSA) is 57.4 Å². The van der Waals surface area contributed by atoms with Gasteiger partial charge >= 0.3 is 0 Å². The molecule has 1 heterocycles. The lowest BCUT2D eigenvalue weighted by atomic mass is 10.0. The third-order valence-corrected chi connectivity index (χ3v) is 4.02. The normalized spacial score (nSPS) is 11.8. The van der Waals surface area contributed by atoms with Crippen LogP contribution < -0.4 is 15.2 Å². The highest BCUT2D eigenvalue weighted by atomic mass is 16.5. The van der Waals surface area contributed by atoms with Crippen LogP contribution in [-0.4, -0.2) is 12.1 Å². The first-order chi connectivity index (χ1) is 12.2. The van der Waals surface area contributed by atoms with Gasteiger partial charge in [0.25, 0.3) is 0 Å². The van der Waals surface area contributed by atoms with E-state index >= 15 is 0 Å². The molecule has 2 aromatic carbocycles. The van der Waals surface area contributed by atoms with Crippen molar-refractivity contribution in [2.75, 3.05) is 7.11 Å². The summed E-state index contributed by atoms with van der Waals surface area (Å²) in [4.78, 5) is 4.29. The zero-order valence-corrected chi connectivity index (χ0v) is 14.5. The van der Waals surface area contributed by atoms with Gasteiger partial charge in [0.15, 0.2) is 0 Å². The van der Waals surface area contributed by atoms with Crippen LogP contribution in [0.2, 0.25) is 0 Å². The van der Waals surface area contributed by atoms with Gasteiger partial charge in [-0.3, -0.25) is 0 Å². The van der Waals surface area contributed by atoms with Gasteiger partial charge in [-0.2, -0.15) is 0 Å². The van der Waals surface area contributed by atoms with E-state index in [1.807, 2.05) is 67.6 Å². The Morgan fingerprint density at radius 1 is 1.00 bits per heavy atom. The number of pyridine rings is 1. The Morgan fingerprint density at radius 2 is 1.80 bits per heavy atom. The van der Waals surface area contributed by atoms with E-state index < -0.39 is 0 Å². The fraction of sp³-hybridized carbons (Fsp3) is 0.190. The van der Waals surface area contributed by atoms with Crippen LogP contribution in [0.25, 0.3) is 11.1 Å². The highest BCUT2D eigenvalue weighted by molar-refractivity contribution is 5.74. The number of aromatic nitrogens is 1. The van der Waals surface area contributed by atoms with Gasteiger partial charge in [-0.1, -0.05) is 42.5 Å². The summed E-state index contributed by atoms with van der Waals surface area (Å²) in [6.07, 6.45) is 1.71. The fourth-order valence-corrected chi connectivity index (χ4v) is 2.66. The third kappa shape index (κ3) is 3.98. The molecule has 2 N–H and O–H groups in total. The number of rotatable bonds is 6. The quantitative estimate of drug-likeness (QED) is 0.728. The maximum atomic E-state index is 6.13. The van der Waals surface area contributed by atoms with Gasteiger partial charge < -0.3 is 15.2 Å². The van der Waals surface area contributed by atoms with Crippen molar-refractivity contribution in [2.45, 2.75) is 19.6 Å². The van der Waals surface area contributed by atoms with Gasteiger partial charge in [-0.05, 0) is 36.2 Å². The van der Waals surface area contributed by atoms with Crippen molar-refractivity contribution in [3.05, 3.63) is 78.0 Å². The Balaban J connectivity index is 1.99. The number of benzene rings is 2. The van der Waals surface area contributed by atoms with Crippen LogP contribution in [0.4, 0.5) is 0 Å². The molecule has 1 aromatic heterocycles. The van der Waals surface area contributed by atoms with Gasteiger partial charge in [-0.15, -0.1) is 0 Å². The van der Waals surface area contributed by atoms with Crippen LogP contribution >= 0.6 is 0 Å². The van der Waals surface area contributed by atoms with E-state index in [0.29, 0.717) is 12.5 Å². The molecule has 0 aliphatic heterocycles. The molecular formula is C21H22N2O2. The van der Waals surface area contributed by atoms with Crippen molar-refractivity contribution >= 4 is 0 Å². The molecule has 0 aliphatic rings. The zero-order chi connectivity index (χ0) is 17.6. The number of nitrogens with two attached hydrogens (primary N) is 1. The molecule has 0 amide bonds. The molecule has 128 valence electrons. The molecule has 0 saturated carbocycles. The molecule has 0 radical (unpaired) electrons. The minimum atomic E-state index is -0.0658. The van der Waals surface area contributed by atoms with Crippen LogP contribution in [0.1, 0.15) is 24.1 Å². The van der Waals surface area contributed by atoms with E-state index in [-0.39, 0.29) is 6.04 Å². The molecule has 0 fully saturated rings. The second-order valence-corrected chi connectivity index (χ2v) is 5.88. The summed E-state index contributed by atoms with van der Waals surface area (Å²) in [6.45, 7) is 2.44. The van der Waals surface area contributed by atoms with Crippen molar-refractivity contribution in [3.8, 4) is 22.8 Å². The highest BCUT2D eigenvalue weighted by Crippen LogP contribution is 2.36. The highest BCUT2D eigenvalue weighted by Gasteiger charge is 2.14. The first kappa shape index (κ1) is 17.0. The Labute approximate surface area is 148 Å². The third-order valence-electron chi connectivity index (χ3n) is 4.02. The van der Waals surface area contributed by atoms with Gasteiger partial charge in [0.05, 0.1) is 7.11 Å². The van der Waals surface area contributed by atoms with E-state index in [0.717, 1.165) is 28.0 Å². The van der Waals surface area contributed by atoms with Crippen molar-refractivity contribution < 1.29 is 9.47 Å². The van der Waals surface area contributed by atoms with Gasteiger partial charge in [0.1, 0.15) is 12.4 Å². The monoisotopic (exact) mass is 334 g/mol. The largest absolute Gasteiger partial charge is 0.488 e.